The van der Waals surface area contributed by atoms with Crippen LogP contribution in [0, 0.1) is 0 Å². The van der Waals surface area contributed by atoms with Gasteiger partial charge in [-0.3, -0.25) is 0 Å². The molecule has 2 nitrogen and oxygen atoms in total. The second-order valence-electron chi connectivity index (χ2n) is 2.24. The van der Waals surface area contributed by atoms with Gasteiger partial charge in [-0.2, -0.15) is 0 Å². The topological polar surface area (TPSA) is 32.3 Å². The third-order valence-electron chi connectivity index (χ3n) is 0.996. The van der Waals surface area contributed by atoms with Crippen molar-refractivity contribution in [2.45, 2.75) is 26.7 Å². The van der Waals surface area contributed by atoms with Gasteiger partial charge < -0.3 is 10.4 Å². The van der Waals surface area contributed by atoms with E-state index in [4.69, 9.17) is 5.11 Å². The molecule has 0 spiro atoms. The molecule has 0 bridgehead atoms. The number of aliphatic hydroxyl groups is 1. The van der Waals surface area contributed by atoms with Crippen molar-refractivity contribution in [3.05, 3.63) is 12.7 Å². The Hall–Kier alpha value is -0.340. The van der Waals surface area contributed by atoms with Gasteiger partial charge in [-0.1, -0.05) is 19.4 Å². The van der Waals surface area contributed by atoms with Gasteiger partial charge in [0, 0.05) is 6.54 Å². The number of rotatable bonds is 5. The SMILES string of the molecule is C=CC.CCCCNCCO. The molecule has 0 saturated carbocycles. The Bertz CT molecular complexity index is 58.6. The van der Waals surface area contributed by atoms with Crippen LogP contribution in [0.15, 0.2) is 12.7 Å². The van der Waals surface area contributed by atoms with Crippen LogP contribution in [0.25, 0.3) is 0 Å². The van der Waals surface area contributed by atoms with E-state index in [1.807, 2.05) is 6.92 Å². The average Bonchev–Trinajstić information content (AvgIpc) is 2.00. The normalized spacial score (nSPS) is 8.27. The molecule has 0 atom stereocenters. The summed E-state index contributed by atoms with van der Waals surface area (Å²) in [6.45, 7) is 9.43. The van der Waals surface area contributed by atoms with Gasteiger partial charge in [0.15, 0.2) is 0 Å². The van der Waals surface area contributed by atoms with E-state index in [2.05, 4.69) is 18.8 Å². The highest BCUT2D eigenvalue weighted by Crippen LogP contribution is 1.80. The van der Waals surface area contributed by atoms with Crippen LogP contribution in [-0.4, -0.2) is 24.8 Å². The summed E-state index contributed by atoms with van der Waals surface area (Å²) < 4.78 is 0. The van der Waals surface area contributed by atoms with Crippen LogP contribution in [0.5, 0.6) is 0 Å². The fraction of sp³-hybridized carbons (Fsp3) is 0.778. The molecule has 0 aromatic carbocycles. The smallest absolute Gasteiger partial charge is 0.0555 e. The molecule has 11 heavy (non-hydrogen) atoms. The van der Waals surface area contributed by atoms with Gasteiger partial charge in [0.2, 0.25) is 0 Å². The first kappa shape index (κ1) is 13.3. The molecule has 0 amide bonds. The maximum absolute atomic E-state index is 8.30. The predicted octanol–water partition coefficient (Wildman–Crippen LogP) is 1.56. The van der Waals surface area contributed by atoms with Gasteiger partial charge in [0.05, 0.1) is 6.61 Å². The number of hydrogen-bond acceptors (Lipinski definition) is 2. The van der Waals surface area contributed by atoms with Crippen molar-refractivity contribution in [3.8, 4) is 0 Å². The number of nitrogens with one attached hydrogen (secondary N) is 1. The summed E-state index contributed by atoms with van der Waals surface area (Å²) in [5, 5.41) is 11.4. The van der Waals surface area contributed by atoms with Gasteiger partial charge in [0.25, 0.3) is 0 Å². The molecule has 0 fully saturated rings. The van der Waals surface area contributed by atoms with Crippen LogP contribution in [-0.2, 0) is 0 Å². The predicted molar refractivity (Wildman–Crippen MR) is 50.7 cm³/mol. The van der Waals surface area contributed by atoms with E-state index in [-0.39, 0.29) is 6.61 Å². The van der Waals surface area contributed by atoms with Crippen molar-refractivity contribution in [1.29, 1.82) is 0 Å². The van der Waals surface area contributed by atoms with Gasteiger partial charge in [0.1, 0.15) is 0 Å². The maximum atomic E-state index is 8.30. The van der Waals surface area contributed by atoms with E-state index in [9.17, 15) is 0 Å². The van der Waals surface area contributed by atoms with E-state index >= 15 is 0 Å². The zero-order valence-electron chi connectivity index (χ0n) is 7.77. The molecule has 0 radical (unpaired) electrons. The Kier molecular flexibility index (Phi) is 19.7. The number of aliphatic hydroxyl groups excluding tert-OH is 1. The molecular formula is C9H21NO. The third kappa shape index (κ3) is 26.1. The lowest BCUT2D eigenvalue weighted by Gasteiger charge is -1.97. The first-order chi connectivity index (χ1) is 5.33. The number of allylic oxidation sites excluding steroid dienone is 1. The van der Waals surface area contributed by atoms with Crippen molar-refractivity contribution in [2.24, 2.45) is 0 Å². The van der Waals surface area contributed by atoms with Crippen molar-refractivity contribution >= 4 is 0 Å². The fourth-order valence-electron chi connectivity index (χ4n) is 0.506. The molecule has 0 aliphatic heterocycles. The standard InChI is InChI=1S/C6H15NO.C3H6/c1-2-3-4-7-5-6-8;1-3-2/h7-8H,2-6H2,1H3;3H,1H2,2H3. The van der Waals surface area contributed by atoms with Crippen LogP contribution in [0.4, 0.5) is 0 Å². The molecule has 0 aromatic rings. The Morgan fingerprint density at radius 2 is 2.00 bits per heavy atom. The second kappa shape index (κ2) is 16.3. The highest BCUT2D eigenvalue weighted by atomic mass is 16.3. The minimum atomic E-state index is 0.254. The molecule has 2 N–H and O–H groups in total. The molecule has 0 aliphatic rings. The van der Waals surface area contributed by atoms with Crippen molar-refractivity contribution < 1.29 is 5.11 Å². The number of hydrogen-bond donors (Lipinski definition) is 2. The van der Waals surface area contributed by atoms with Crippen LogP contribution < -0.4 is 5.32 Å². The van der Waals surface area contributed by atoms with Crippen LogP contribution in [0.1, 0.15) is 26.7 Å². The van der Waals surface area contributed by atoms with E-state index in [1.165, 1.54) is 12.8 Å². The molecule has 0 aromatic heterocycles. The van der Waals surface area contributed by atoms with Gasteiger partial charge in [-0.05, 0) is 19.9 Å². The van der Waals surface area contributed by atoms with Crippen LogP contribution in [0.2, 0.25) is 0 Å². The lowest BCUT2D eigenvalue weighted by molar-refractivity contribution is 0.292. The lowest BCUT2D eigenvalue weighted by Crippen LogP contribution is -2.18. The largest absolute Gasteiger partial charge is 0.395 e. The van der Waals surface area contributed by atoms with E-state index in [0.717, 1.165) is 13.1 Å². The second-order valence-corrected chi connectivity index (χ2v) is 2.24. The summed E-state index contributed by atoms with van der Waals surface area (Å²) in [4.78, 5) is 0. The third-order valence-corrected chi connectivity index (χ3v) is 0.996. The van der Waals surface area contributed by atoms with Crippen LogP contribution in [0.3, 0.4) is 0 Å². The molecule has 0 heterocycles. The van der Waals surface area contributed by atoms with Gasteiger partial charge in [-0.15, -0.1) is 6.58 Å². The Balaban J connectivity index is 0. The summed E-state index contributed by atoms with van der Waals surface area (Å²) in [5.41, 5.74) is 0. The van der Waals surface area contributed by atoms with Crippen molar-refractivity contribution in [2.75, 3.05) is 19.7 Å². The Morgan fingerprint density at radius 1 is 1.45 bits per heavy atom. The summed E-state index contributed by atoms with van der Waals surface area (Å²) in [6.07, 6.45) is 4.18. The summed E-state index contributed by atoms with van der Waals surface area (Å²) in [7, 11) is 0. The lowest BCUT2D eigenvalue weighted by atomic mass is 10.3. The quantitative estimate of drug-likeness (QED) is 0.471. The first-order valence-corrected chi connectivity index (χ1v) is 4.22. The minimum absolute atomic E-state index is 0.254. The molecule has 68 valence electrons. The first-order valence-electron chi connectivity index (χ1n) is 4.22. The molecule has 0 unspecified atom stereocenters. The summed E-state index contributed by atoms with van der Waals surface area (Å²) >= 11 is 0. The highest BCUT2D eigenvalue weighted by molar-refractivity contribution is 4.51. The summed E-state index contributed by atoms with van der Waals surface area (Å²) in [5.74, 6) is 0. The highest BCUT2D eigenvalue weighted by Gasteiger charge is 1.81. The zero-order valence-corrected chi connectivity index (χ0v) is 7.77. The van der Waals surface area contributed by atoms with Crippen molar-refractivity contribution in [1.82, 2.24) is 5.32 Å². The van der Waals surface area contributed by atoms with Crippen molar-refractivity contribution in [3.63, 3.8) is 0 Å². The van der Waals surface area contributed by atoms with E-state index in [0.29, 0.717) is 0 Å². The monoisotopic (exact) mass is 159 g/mol. The molecular weight excluding hydrogens is 138 g/mol. The molecule has 2 heteroatoms. The average molecular weight is 159 g/mol. The molecule has 0 rings (SSSR count). The Labute approximate surface area is 70.3 Å². The number of unbranched alkanes of at least 4 members (excludes halogenated alkanes) is 1. The molecule has 0 aliphatic carbocycles. The maximum Gasteiger partial charge on any atom is 0.0555 e. The van der Waals surface area contributed by atoms with Gasteiger partial charge >= 0.3 is 0 Å². The van der Waals surface area contributed by atoms with E-state index < -0.39 is 0 Å². The van der Waals surface area contributed by atoms with Gasteiger partial charge in [-0.25, -0.2) is 0 Å². The van der Waals surface area contributed by atoms with E-state index in [1.54, 1.807) is 6.08 Å². The summed E-state index contributed by atoms with van der Waals surface area (Å²) in [6, 6.07) is 0. The molecule has 0 saturated heterocycles. The van der Waals surface area contributed by atoms with Crippen LogP contribution >= 0.6 is 0 Å². The minimum Gasteiger partial charge on any atom is -0.395 e. The Morgan fingerprint density at radius 3 is 2.36 bits per heavy atom. The zero-order chi connectivity index (χ0) is 8.95. The fourth-order valence-corrected chi connectivity index (χ4v) is 0.506.